The van der Waals surface area contributed by atoms with Gasteiger partial charge in [-0.15, -0.1) is 0 Å². The number of benzene rings is 1. The number of nitrogens with zero attached hydrogens (tertiary/aromatic N) is 1. The van der Waals surface area contributed by atoms with Crippen molar-refractivity contribution in [3.63, 3.8) is 0 Å². The lowest BCUT2D eigenvalue weighted by atomic mass is 10.2. The average Bonchev–Trinajstić information content (AvgIpc) is 2.74. The van der Waals surface area contributed by atoms with E-state index in [9.17, 15) is 13.9 Å². The summed E-state index contributed by atoms with van der Waals surface area (Å²) >= 11 is 6.08. The van der Waals surface area contributed by atoms with E-state index in [1.165, 1.54) is 6.21 Å². The van der Waals surface area contributed by atoms with E-state index in [1.54, 1.807) is 58.9 Å². The van der Waals surface area contributed by atoms with Crippen LogP contribution in [0.15, 0.2) is 29.3 Å². The second-order valence-corrected chi connectivity index (χ2v) is 11.9. The SMILES string of the molecule is CCOC(=O)CCC(/N=C/c1cccc(Cl)c1)(P(=O)(OCC)OCC)P(=O)(OCC)OCC. The summed E-state index contributed by atoms with van der Waals surface area (Å²) in [5.74, 6) is -0.584. The summed E-state index contributed by atoms with van der Waals surface area (Å²) in [6.07, 6.45) is 0.763. The van der Waals surface area contributed by atoms with Gasteiger partial charge in [0.15, 0.2) is 0 Å². The minimum absolute atomic E-state index is 0.0244. The van der Waals surface area contributed by atoms with Crippen molar-refractivity contribution < 1.29 is 36.8 Å². The number of rotatable bonds is 16. The van der Waals surface area contributed by atoms with Crippen LogP contribution in [0, 0.1) is 0 Å². The Morgan fingerprint density at radius 3 is 1.88 bits per heavy atom. The van der Waals surface area contributed by atoms with Crippen LogP contribution < -0.4 is 0 Å². The molecule has 0 radical (unpaired) electrons. The Bertz CT molecular complexity index is 830. The number of hydrogen-bond donors (Lipinski definition) is 0. The van der Waals surface area contributed by atoms with E-state index in [0.29, 0.717) is 10.6 Å². The second-order valence-electron chi connectivity index (χ2n) is 6.56. The first-order chi connectivity index (χ1) is 15.7. The lowest BCUT2D eigenvalue weighted by molar-refractivity contribution is -0.143. The molecule has 0 N–H and O–H groups in total. The smallest absolute Gasteiger partial charge is 0.370 e. The minimum atomic E-state index is -4.32. The van der Waals surface area contributed by atoms with Crippen molar-refractivity contribution in [2.45, 2.75) is 52.5 Å². The van der Waals surface area contributed by atoms with E-state index in [1.807, 2.05) is 0 Å². The molecule has 0 aliphatic rings. The predicted molar refractivity (Wildman–Crippen MR) is 129 cm³/mol. The molecule has 0 aromatic heterocycles. The second kappa shape index (κ2) is 14.4. The normalized spacial score (nSPS) is 12.9. The first kappa shape index (κ1) is 30.0. The molecular weight excluding hydrogens is 492 g/mol. The number of aliphatic imine (C=N–C) groups is 1. The van der Waals surface area contributed by atoms with Crippen molar-refractivity contribution in [1.82, 2.24) is 0 Å². The van der Waals surface area contributed by atoms with Crippen molar-refractivity contribution in [2.24, 2.45) is 4.99 Å². The number of carbonyl (C=O) groups is 1. The van der Waals surface area contributed by atoms with Crippen molar-refractivity contribution in [3.8, 4) is 0 Å². The van der Waals surface area contributed by atoms with Gasteiger partial charge in [0.2, 0.25) is 0 Å². The molecule has 1 aromatic carbocycles. The van der Waals surface area contributed by atoms with Gasteiger partial charge in [0.25, 0.3) is 5.02 Å². The zero-order chi connectivity index (χ0) is 25.0. The highest BCUT2D eigenvalue weighted by atomic mass is 35.5. The molecule has 9 nitrogen and oxygen atoms in total. The highest BCUT2D eigenvalue weighted by molar-refractivity contribution is 7.74. The van der Waals surface area contributed by atoms with Crippen LogP contribution in [-0.2, 0) is 36.8 Å². The molecule has 0 amide bonds. The van der Waals surface area contributed by atoms with Crippen molar-refractivity contribution >= 4 is 39.0 Å². The summed E-state index contributed by atoms with van der Waals surface area (Å²) in [4.78, 5) is 16.8. The van der Waals surface area contributed by atoms with Gasteiger partial charge >= 0.3 is 21.2 Å². The van der Waals surface area contributed by atoms with Gasteiger partial charge in [-0.25, -0.2) is 0 Å². The first-order valence-electron chi connectivity index (χ1n) is 10.9. The van der Waals surface area contributed by atoms with E-state index in [-0.39, 0.29) is 45.9 Å². The highest BCUT2D eigenvalue weighted by Crippen LogP contribution is 2.80. The molecule has 0 bridgehead atoms. The van der Waals surface area contributed by atoms with Gasteiger partial charge in [-0.3, -0.25) is 18.9 Å². The Labute approximate surface area is 201 Å². The molecule has 33 heavy (non-hydrogen) atoms. The standard InChI is InChI=1S/C21H34ClNO8P2/c1-6-27-20(24)14-15-21(32(25,28-7-2)29-8-3,33(26,30-9-4)31-10-5)23-17-18-12-11-13-19(22)16-18/h11-13,16-17H,6-10,14-15H2,1-5H3/b23-17+. The maximum Gasteiger partial charge on any atom is 0.370 e. The van der Waals surface area contributed by atoms with E-state index in [0.717, 1.165) is 0 Å². The van der Waals surface area contributed by atoms with Gasteiger partial charge < -0.3 is 22.8 Å². The average molecular weight is 526 g/mol. The fourth-order valence-corrected chi connectivity index (χ4v) is 8.66. The zero-order valence-corrected chi connectivity index (χ0v) is 22.4. The van der Waals surface area contributed by atoms with E-state index < -0.39 is 26.2 Å². The third-order valence-electron chi connectivity index (χ3n) is 4.31. The fraction of sp³-hybridized carbons (Fsp3) is 0.619. The van der Waals surface area contributed by atoms with Crippen LogP contribution in [0.4, 0.5) is 0 Å². The number of hydrogen-bond acceptors (Lipinski definition) is 9. The Kier molecular flexibility index (Phi) is 13.1. The maximum atomic E-state index is 14.2. The summed E-state index contributed by atoms with van der Waals surface area (Å²) in [5.41, 5.74) is 0.544. The third kappa shape index (κ3) is 7.72. The molecule has 0 aliphatic carbocycles. The number of esters is 1. The quantitative estimate of drug-likeness (QED) is 0.141. The molecule has 0 aliphatic heterocycles. The molecular formula is C21H34ClNO8P2. The molecule has 0 spiro atoms. The van der Waals surface area contributed by atoms with Crippen LogP contribution in [0.2, 0.25) is 5.02 Å². The Morgan fingerprint density at radius 2 is 1.45 bits per heavy atom. The molecule has 188 valence electrons. The summed E-state index contributed by atoms with van der Waals surface area (Å²) < 4.78 is 55.8. The van der Waals surface area contributed by atoms with Crippen molar-refractivity contribution in [1.29, 1.82) is 0 Å². The molecule has 0 saturated heterocycles. The number of halogens is 1. The summed E-state index contributed by atoms with van der Waals surface area (Å²) in [5, 5.41) is -1.71. The summed E-state index contributed by atoms with van der Waals surface area (Å²) in [6, 6.07) is 6.73. The van der Waals surface area contributed by atoms with Crippen LogP contribution in [0.1, 0.15) is 53.0 Å². The molecule has 0 saturated carbocycles. The zero-order valence-electron chi connectivity index (χ0n) is 19.8. The van der Waals surface area contributed by atoms with Gasteiger partial charge in [-0.05, 0) is 52.3 Å². The molecule has 0 atom stereocenters. The van der Waals surface area contributed by atoms with Crippen LogP contribution >= 0.6 is 26.8 Å². The van der Waals surface area contributed by atoms with Crippen LogP contribution in [0.3, 0.4) is 0 Å². The first-order valence-corrected chi connectivity index (χ1v) is 14.4. The predicted octanol–water partition coefficient (Wildman–Crippen LogP) is 6.29. The van der Waals surface area contributed by atoms with Crippen molar-refractivity contribution in [2.75, 3.05) is 33.0 Å². The Morgan fingerprint density at radius 1 is 0.939 bits per heavy atom. The van der Waals surface area contributed by atoms with Crippen LogP contribution in [0.25, 0.3) is 0 Å². The summed E-state index contributed by atoms with van der Waals surface area (Å²) in [7, 11) is -8.63. The lowest BCUT2D eigenvalue weighted by Crippen LogP contribution is -2.33. The number of ether oxygens (including phenoxy) is 1. The fourth-order valence-electron chi connectivity index (χ4n) is 3.07. The molecule has 1 rings (SSSR count). The topological polar surface area (TPSA) is 110 Å². The minimum Gasteiger partial charge on any atom is -0.466 e. The van der Waals surface area contributed by atoms with Gasteiger partial charge in [-0.2, -0.15) is 0 Å². The van der Waals surface area contributed by atoms with E-state index in [4.69, 9.17) is 34.4 Å². The lowest BCUT2D eigenvalue weighted by Gasteiger charge is -2.39. The van der Waals surface area contributed by atoms with Crippen molar-refractivity contribution in [3.05, 3.63) is 34.9 Å². The van der Waals surface area contributed by atoms with Gasteiger partial charge in [0, 0.05) is 24.1 Å². The largest absolute Gasteiger partial charge is 0.466 e. The third-order valence-corrected chi connectivity index (χ3v) is 10.8. The molecule has 12 heteroatoms. The Balaban J connectivity index is 3.84. The van der Waals surface area contributed by atoms with Gasteiger partial charge in [0.05, 0.1) is 33.0 Å². The van der Waals surface area contributed by atoms with E-state index >= 15 is 0 Å². The molecule has 0 heterocycles. The van der Waals surface area contributed by atoms with Gasteiger partial charge in [0.1, 0.15) is 0 Å². The van der Waals surface area contributed by atoms with E-state index in [2.05, 4.69) is 4.99 Å². The number of carbonyl (C=O) groups excluding carboxylic acids is 1. The Hall–Kier alpha value is -1.05. The van der Waals surface area contributed by atoms with Gasteiger partial charge in [-0.1, -0.05) is 23.7 Å². The highest BCUT2D eigenvalue weighted by Gasteiger charge is 2.65. The maximum absolute atomic E-state index is 14.2. The molecule has 0 fully saturated rings. The summed E-state index contributed by atoms with van der Waals surface area (Å²) in [6.45, 7) is 8.20. The molecule has 0 unspecified atom stereocenters. The van der Waals surface area contributed by atoms with Crippen LogP contribution in [0.5, 0.6) is 0 Å². The van der Waals surface area contributed by atoms with Crippen LogP contribution in [-0.4, -0.2) is 50.2 Å². The molecule has 1 aromatic rings. The monoisotopic (exact) mass is 525 g/mol.